The molecular formula is C21H21FN4O3. The molecule has 7 nitrogen and oxygen atoms in total. The average molecular weight is 396 g/mol. The van der Waals surface area contributed by atoms with Crippen LogP contribution in [0.5, 0.6) is 0 Å². The molecular weight excluding hydrogens is 375 g/mol. The van der Waals surface area contributed by atoms with Crippen LogP contribution in [0.25, 0.3) is 0 Å². The summed E-state index contributed by atoms with van der Waals surface area (Å²) in [5, 5.41) is 10.9. The van der Waals surface area contributed by atoms with E-state index in [2.05, 4.69) is 20.5 Å². The maximum atomic E-state index is 13.0. The number of carbonyl (C=O) groups is 1. The number of esters is 1. The maximum Gasteiger partial charge on any atom is 0.338 e. The van der Waals surface area contributed by atoms with Crippen molar-refractivity contribution in [2.24, 2.45) is 5.92 Å². The second-order valence-electron chi connectivity index (χ2n) is 6.95. The molecule has 3 rings (SSSR count). The number of hydrogen-bond acceptors (Lipinski definition) is 6. The zero-order valence-electron chi connectivity index (χ0n) is 16.1. The van der Waals surface area contributed by atoms with Crippen LogP contribution in [0, 0.1) is 11.7 Å². The van der Waals surface area contributed by atoms with E-state index in [-0.39, 0.29) is 41.3 Å². The van der Waals surface area contributed by atoms with Gasteiger partial charge < -0.3 is 10.1 Å². The van der Waals surface area contributed by atoms with E-state index >= 15 is 0 Å². The molecule has 0 spiro atoms. The van der Waals surface area contributed by atoms with Crippen LogP contribution in [-0.2, 0) is 11.2 Å². The lowest BCUT2D eigenvalue weighted by Crippen LogP contribution is -2.18. The van der Waals surface area contributed by atoms with Crippen LogP contribution in [-0.4, -0.2) is 27.8 Å². The number of hydrogen-bond donors (Lipinski definition) is 2. The number of nitrogens with zero attached hydrogens (tertiary/aromatic N) is 2. The molecule has 0 amide bonds. The van der Waals surface area contributed by atoms with Crippen LogP contribution in [0.1, 0.15) is 35.5 Å². The summed E-state index contributed by atoms with van der Waals surface area (Å²) in [5.41, 5.74) is 1.66. The summed E-state index contributed by atoms with van der Waals surface area (Å²) >= 11 is 0. The van der Waals surface area contributed by atoms with E-state index in [1.165, 1.54) is 12.1 Å². The first-order valence-electron chi connectivity index (χ1n) is 9.15. The van der Waals surface area contributed by atoms with Crippen molar-refractivity contribution in [3.8, 4) is 0 Å². The topological polar surface area (TPSA) is 97.0 Å². The highest BCUT2D eigenvalue weighted by atomic mass is 19.1. The van der Waals surface area contributed by atoms with E-state index in [1.54, 1.807) is 36.4 Å². The molecule has 8 heteroatoms. The molecule has 0 unspecified atom stereocenters. The third-order valence-corrected chi connectivity index (χ3v) is 3.98. The van der Waals surface area contributed by atoms with Gasteiger partial charge in [0.1, 0.15) is 11.5 Å². The molecule has 1 aromatic heterocycles. The highest BCUT2D eigenvalue weighted by Crippen LogP contribution is 2.14. The first-order chi connectivity index (χ1) is 13.9. The van der Waals surface area contributed by atoms with Crippen molar-refractivity contribution in [1.29, 1.82) is 0 Å². The van der Waals surface area contributed by atoms with Crippen LogP contribution >= 0.6 is 0 Å². The molecule has 0 aliphatic rings. The van der Waals surface area contributed by atoms with Gasteiger partial charge in [-0.3, -0.25) is 9.78 Å². The highest BCUT2D eigenvalue weighted by Gasteiger charge is 2.09. The van der Waals surface area contributed by atoms with Gasteiger partial charge in [-0.1, -0.05) is 26.0 Å². The predicted molar refractivity (Wildman–Crippen MR) is 107 cm³/mol. The Balaban J connectivity index is 1.64. The van der Waals surface area contributed by atoms with Gasteiger partial charge in [0.05, 0.1) is 12.2 Å². The zero-order valence-corrected chi connectivity index (χ0v) is 16.1. The minimum absolute atomic E-state index is 0.174. The van der Waals surface area contributed by atoms with Gasteiger partial charge in [0.25, 0.3) is 5.56 Å². The number of ether oxygens (including phenoxy) is 1. The minimum Gasteiger partial charge on any atom is -0.462 e. The molecule has 0 aliphatic carbocycles. The van der Waals surface area contributed by atoms with Gasteiger partial charge in [-0.25, -0.2) is 9.18 Å². The number of H-pyrrole nitrogens is 1. The van der Waals surface area contributed by atoms with Crippen molar-refractivity contribution in [1.82, 2.24) is 15.2 Å². The molecule has 1 heterocycles. The monoisotopic (exact) mass is 396 g/mol. The van der Waals surface area contributed by atoms with Crippen molar-refractivity contribution in [3.05, 3.63) is 81.5 Å². The Morgan fingerprint density at radius 2 is 1.79 bits per heavy atom. The number of rotatable bonds is 7. The van der Waals surface area contributed by atoms with Crippen LogP contribution < -0.4 is 10.9 Å². The van der Waals surface area contributed by atoms with E-state index < -0.39 is 0 Å². The number of benzene rings is 2. The molecule has 2 aromatic carbocycles. The third kappa shape index (κ3) is 5.71. The average Bonchev–Trinajstić information content (AvgIpc) is 2.70. The van der Waals surface area contributed by atoms with E-state index in [9.17, 15) is 14.0 Å². The predicted octanol–water partition coefficient (Wildman–Crippen LogP) is 3.45. The fourth-order valence-corrected chi connectivity index (χ4v) is 2.48. The summed E-state index contributed by atoms with van der Waals surface area (Å²) in [6.07, 6.45) is 0.246. The molecule has 0 saturated carbocycles. The molecule has 2 N–H and O–H groups in total. The third-order valence-electron chi connectivity index (χ3n) is 3.98. The lowest BCUT2D eigenvalue weighted by atomic mass is 10.1. The smallest absolute Gasteiger partial charge is 0.338 e. The SMILES string of the molecule is CC(C)COC(=O)c1ccc(Nc2nnc(Cc3ccc(F)cc3)c(=O)[nH]2)cc1. The molecule has 150 valence electrons. The fourth-order valence-electron chi connectivity index (χ4n) is 2.48. The Labute approximate surface area is 167 Å². The summed E-state index contributed by atoms with van der Waals surface area (Å²) in [6.45, 7) is 4.29. The van der Waals surface area contributed by atoms with Crippen molar-refractivity contribution in [3.63, 3.8) is 0 Å². The number of nitrogens with one attached hydrogen (secondary N) is 2. The lowest BCUT2D eigenvalue weighted by Gasteiger charge is -2.08. The van der Waals surface area contributed by atoms with Gasteiger partial charge in [0.2, 0.25) is 5.95 Å². The second kappa shape index (κ2) is 9.09. The van der Waals surface area contributed by atoms with Gasteiger partial charge in [-0.05, 0) is 47.9 Å². The molecule has 29 heavy (non-hydrogen) atoms. The van der Waals surface area contributed by atoms with Gasteiger partial charge in [0, 0.05) is 12.1 Å². The van der Waals surface area contributed by atoms with Gasteiger partial charge in [0.15, 0.2) is 0 Å². The number of anilines is 2. The molecule has 0 saturated heterocycles. The van der Waals surface area contributed by atoms with Crippen molar-refractivity contribution in [2.45, 2.75) is 20.3 Å². The van der Waals surface area contributed by atoms with E-state index in [0.717, 1.165) is 5.56 Å². The zero-order chi connectivity index (χ0) is 20.8. The van der Waals surface area contributed by atoms with Crippen molar-refractivity contribution >= 4 is 17.6 Å². The Kier molecular flexibility index (Phi) is 6.33. The van der Waals surface area contributed by atoms with E-state index in [0.29, 0.717) is 17.9 Å². The second-order valence-corrected chi connectivity index (χ2v) is 6.95. The largest absolute Gasteiger partial charge is 0.462 e. The summed E-state index contributed by atoms with van der Waals surface area (Å²) < 4.78 is 18.2. The first kappa shape index (κ1) is 20.2. The molecule has 3 aromatic rings. The number of carbonyl (C=O) groups excluding carboxylic acids is 1. The quantitative estimate of drug-likeness (QED) is 0.594. The van der Waals surface area contributed by atoms with E-state index in [4.69, 9.17) is 4.74 Å². The molecule has 0 aliphatic heterocycles. The number of aromatic nitrogens is 3. The minimum atomic E-state index is -0.388. The Morgan fingerprint density at radius 3 is 2.41 bits per heavy atom. The van der Waals surface area contributed by atoms with Crippen molar-refractivity contribution < 1.29 is 13.9 Å². The van der Waals surface area contributed by atoms with Gasteiger partial charge >= 0.3 is 5.97 Å². The van der Waals surface area contributed by atoms with Gasteiger partial charge in [-0.2, -0.15) is 0 Å². The molecule has 0 radical (unpaired) electrons. The molecule has 0 atom stereocenters. The van der Waals surface area contributed by atoms with Gasteiger partial charge in [-0.15, -0.1) is 10.2 Å². The Hall–Kier alpha value is -3.55. The molecule has 0 bridgehead atoms. The Bertz CT molecular complexity index is 1030. The summed E-state index contributed by atoms with van der Waals surface area (Å²) in [5.74, 6) is -0.287. The summed E-state index contributed by atoms with van der Waals surface area (Å²) in [4.78, 5) is 26.8. The summed E-state index contributed by atoms with van der Waals surface area (Å²) in [6, 6.07) is 12.5. The highest BCUT2D eigenvalue weighted by molar-refractivity contribution is 5.89. The molecule has 0 fully saturated rings. The normalized spacial score (nSPS) is 10.8. The summed E-state index contributed by atoms with van der Waals surface area (Å²) in [7, 11) is 0. The van der Waals surface area contributed by atoms with Crippen molar-refractivity contribution in [2.75, 3.05) is 11.9 Å². The maximum absolute atomic E-state index is 13.0. The number of halogens is 1. The van der Waals surface area contributed by atoms with Crippen LogP contribution in [0.4, 0.5) is 16.0 Å². The van der Waals surface area contributed by atoms with E-state index in [1.807, 2.05) is 13.8 Å². The Morgan fingerprint density at radius 1 is 1.10 bits per heavy atom. The lowest BCUT2D eigenvalue weighted by molar-refractivity contribution is 0.0459. The fraction of sp³-hybridized carbons (Fsp3) is 0.238. The first-order valence-corrected chi connectivity index (χ1v) is 9.15. The standard InChI is InChI=1S/C21H21FN4O3/c1-13(2)12-29-20(28)15-5-9-17(10-6-15)23-21-24-19(27)18(25-26-21)11-14-3-7-16(22)8-4-14/h3-10,13H,11-12H2,1-2H3,(H2,23,24,26,27). The number of aromatic amines is 1. The van der Waals surface area contributed by atoms with Crippen LogP contribution in [0.3, 0.4) is 0 Å². The van der Waals surface area contributed by atoms with Crippen LogP contribution in [0.15, 0.2) is 53.3 Å². The van der Waals surface area contributed by atoms with Crippen LogP contribution in [0.2, 0.25) is 0 Å².